The van der Waals surface area contributed by atoms with Gasteiger partial charge in [-0.3, -0.25) is 53.0 Å². The van der Waals surface area contributed by atoms with Gasteiger partial charge in [0.1, 0.15) is 29.0 Å². The van der Waals surface area contributed by atoms with Crippen molar-refractivity contribution in [2.24, 2.45) is 0 Å². The van der Waals surface area contributed by atoms with E-state index >= 15 is 0 Å². The lowest BCUT2D eigenvalue weighted by atomic mass is 9.72. The summed E-state index contributed by atoms with van der Waals surface area (Å²) in [5.74, 6) is -7.43. The highest BCUT2D eigenvalue weighted by Gasteiger charge is 2.55. The number of likely N-dealkylation sites (tertiary alicyclic amines) is 1. The molecule has 2 aromatic carbocycles. The van der Waals surface area contributed by atoms with E-state index < -0.39 is 139 Å². The van der Waals surface area contributed by atoms with Crippen LogP contribution in [0.25, 0.3) is 0 Å². The Morgan fingerprint density at radius 3 is 2.14 bits per heavy atom. The number of fused-ring (bicyclic) bond motifs is 6. The number of hydrogen-bond donors (Lipinski definition) is 8. The molecular formula is C46H55N7O18. The van der Waals surface area contributed by atoms with Crippen LogP contribution in [0.3, 0.4) is 0 Å². The number of phenolic OH excluding ortho intramolecular Hbond substituents is 2. The first-order chi connectivity index (χ1) is 33.9. The molecule has 25 heteroatoms. The number of hydrogen-bond acceptors (Lipinski definition) is 19. The van der Waals surface area contributed by atoms with Gasteiger partial charge in [0, 0.05) is 94.5 Å². The Balaban J connectivity index is 0.894. The molecule has 8 N–H and O–H groups in total. The summed E-state index contributed by atoms with van der Waals surface area (Å²) < 4.78 is 35.8. The number of amides is 7. The molecule has 25 nitrogen and oxygen atoms in total. The van der Waals surface area contributed by atoms with E-state index in [0.717, 1.165) is 4.90 Å². The molecule has 0 radical (unpaired) electrons. The van der Waals surface area contributed by atoms with Crippen LogP contribution in [0.5, 0.6) is 17.2 Å². The van der Waals surface area contributed by atoms with E-state index in [1.165, 1.54) is 32.4 Å². The number of imide groups is 1. The maximum absolute atomic E-state index is 14.2. The zero-order chi connectivity index (χ0) is 50.9. The van der Waals surface area contributed by atoms with E-state index in [2.05, 4.69) is 31.5 Å². The lowest BCUT2D eigenvalue weighted by molar-refractivity contribution is -0.256. The molecule has 4 aliphatic heterocycles. The van der Waals surface area contributed by atoms with Crippen LogP contribution >= 0.6 is 0 Å². The van der Waals surface area contributed by atoms with E-state index in [-0.39, 0.29) is 91.2 Å². The van der Waals surface area contributed by atoms with Crippen LogP contribution in [0.1, 0.15) is 88.1 Å². The van der Waals surface area contributed by atoms with Crippen LogP contribution in [0.4, 0.5) is 0 Å². The second-order valence-corrected chi connectivity index (χ2v) is 17.8. The molecule has 0 bridgehead atoms. The van der Waals surface area contributed by atoms with E-state index in [1.54, 1.807) is 6.92 Å². The summed E-state index contributed by atoms with van der Waals surface area (Å²) >= 11 is 0. The summed E-state index contributed by atoms with van der Waals surface area (Å²) in [4.78, 5) is 118. The second kappa shape index (κ2) is 21.0. The molecule has 8 atom stereocenters. The highest BCUT2D eigenvalue weighted by molar-refractivity contribution is 6.31. The van der Waals surface area contributed by atoms with Gasteiger partial charge in [-0.1, -0.05) is 12.1 Å². The Kier molecular flexibility index (Phi) is 15.0. The highest BCUT2D eigenvalue weighted by atomic mass is 16.7. The van der Waals surface area contributed by atoms with Gasteiger partial charge >= 0.3 is 0 Å². The molecule has 7 amide bonds. The molecule has 6 aliphatic rings. The zero-order valence-electron chi connectivity index (χ0n) is 39.0. The molecule has 71 heavy (non-hydrogen) atoms. The van der Waals surface area contributed by atoms with Crippen LogP contribution in [0.15, 0.2) is 18.2 Å². The number of benzene rings is 2. The maximum atomic E-state index is 14.2. The van der Waals surface area contributed by atoms with Gasteiger partial charge in [0.15, 0.2) is 24.6 Å². The van der Waals surface area contributed by atoms with Gasteiger partial charge < -0.3 is 70.3 Å². The Labute approximate surface area is 405 Å². The fourth-order valence-corrected chi connectivity index (χ4v) is 9.94. The minimum atomic E-state index is -2.38. The number of aliphatic hydroxyl groups is 1. The van der Waals surface area contributed by atoms with Crippen molar-refractivity contribution in [1.29, 1.82) is 0 Å². The number of nitrogens with zero attached hydrogens (tertiary/aromatic N) is 2. The molecule has 4 saturated heterocycles. The minimum Gasteiger partial charge on any atom is -0.507 e. The van der Waals surface area contributed by atoms with Gasteiger partial charge in [0.25, 0.3) is 5.91 Å². The molecule has 0 aromatic heterocycles. The maximum Gasteiger partial charge on any atom is 0.252 e. The summed E-state index contributed by atoms with van der Waals surface area (Å²) in [6.07, 6.45) is -5.63. The van der Waals surface area contributed by atoms with Gasteiger partial charge in [-0.15, -0.1) is 0 Å². The molecule has 0 saturated carbocycles. The van der Waals surface area contributed by atoms with Crippen molar-refractivity contribution in [3.8, 4) is 17.2 Å². The van der Waals surface area contributed by atoms with Crippen molar-refractivity contribution in [2.75, 3.05) is 66.6 Å². The van der Waals surface area contributed by atoms with Gasteiger partial charge in [-0.2, -0.15) is 0 Å². The van der Waals surface area contributed by atoms with E-state index in [0.29, 0.717) is 13.2 Å². The lowest BCUT2D eigenvalue weighted by Gasteiger charge is -2.43. The Morgan fingerprint density at radius 2 is 1.46 bits per heavy atom. The standard InChI is InChI=1S/C46H55N7O18/c1-21-42-24(52-13-14-68-44(67-3)43(52)71-42)15-33(69-21)70-26-17-46(65,16-23-35(26)41(63)37-36(39(23)61)38(60)22-5-4-6-25(66-2)34(22)40(37)62)45(64)48-11-10-47-28(55)18-50-30(57)20-51-29(56)19-49-27(54)9-12-53-31(58)7-8-32(53)59/h4-6,21,24,26,33,42-44,61,63,65H,7-20H2,1-3H3,(H,47,55)(H,48,64)(H,49,54)(H,50,57)(H,51,56)/t21-,24-,26-,33?,42+,43+,44-,46-/m0/s1. The topological polar surface area (TPSA) is 336 Å². The molecule has 4 fully saturated rings. The normalized spacial score (nSPS) is 26.6. The number of ketones is 2. The second-order valence-electron chi connectivity index (χ2n) is 17.8. The highest BCUT2D eigenvalue weighted by Crippen LogP contribution is 2.53. The molecule has 2 aliphatic carbocycles. The Morgan fingerprint density at radius 1 is 0.817 bits per heavy atom. The summed E-state index contributed by atoms with van der Waals surface area (Å²) in [6, 6.07) is 4.08. The molecule has 1 unspecified atom stereocenters. The van der Waals surface area contributed by atoms with E-state index in [1.807, 2.05) is 0 Å². The van der Waals surface area contributed by atoms with Crippen LogP contribution in [0, 0.1) is 0 Å². The lowest BCUT2D eigenvalue weighted by Crippen LogP contribution is -2.55. The van der Waals surface area contributed by atoms with Crippen LogP contribution in [0.2, 0.25) is 0 Å². The van der Waals surface area contributed by atoms with Crippen LogP contribution in [-0.4, -0.2) is 187 Å². The quantitative estimate of drug-likeness (QED) is 0.0387. The van der Waals surface area contributed by atoms with E-state index in [9.17, 15) is 58.5 Å². The van der Waals surface area contributed by atoms with Crippen molar-refractivity contribution in [3.05, 3.63) is 51.6 Å². The average molecular weight is 994 g/mol. The first-order valence-electron chi connectivity index (χ1n) is 23.1. The molecule has 4 heterocycles. The zero-order valence-corrected chi connectivity index (χ0v) is 39.0. The van der Waals surface area contributed by atoms with Crippen molar-refractivity contribution in [1.82, 2.24) is 36.4 Å². The largest absolute Gasteiger partial charge is 0.507 e. The fraction of sp³-hybridized carbons (Fsp3) is 0.543. The van der Waals surface area contributed by atoms with Crippen molar-refractivity contribution in [3.63, 3.8) is 0 Å². The summed E-state index contributed by atoms with van der Waals surface area (Å²) in [5, 5.41) is 48.1. The summed E-state index contributed by atoms with van der Waals surface area (Å²) in [7, 11) is 2.82. The number of nitrogens with one attached hydrogen (secondary N) is 5. The van der Waals surface area contributed by atoms with Crippen molar-refractivity contribution < 1.29 is 86.9 Å². The number of aromatic hydroxyl groups is 2. The predicted octanol–water partition coefficient (Wildman–Crippen LogP) is -2.73. The monoisotopic (exact) mass is 993 g/mol. The van der Waals surface area contributed by atoms with Gasteiger partial charge in [-0.25, -0.2) is 0 Å². The predicted molar refractivity (Wildman–Crippen MR) is 237 cm³/mol. The number of phenols is 2. The fourth-order valence-electron chi connectivity index (χ4n) is 9.94. The van der Waals surface area contributed by atoms with Crippen molar-refractivity contribution in [2.45, 2.75) is 94.2 Å². The Bertz CT molecular complexity index is 2520. The number of rotatable bonds is 17. The number of carbonyl (C=O) groups is 9. The summed E-state index contributed by atoms with van der Waals surface area (Å²) in [5.41, 5.74) is -3.98. The molecule has 382 valence electrons. The third-order valence-electron chi connectivity index (χ3n) is 13.4. The molecule has 2 aromatic rings. The number of carbonyl (C=O) groups excluding carboxylic acids is 9. The van der Waals surface area contributed by atoms with Crippen LogP contribution in [-0.2, 0) is 63.7 Å². The van der Waals surface area contributed by atoms with Gasteiger partial charge in [0.2, 0.25) is 41.2 Å². The number of methoxy groups -OCH3 is 2. The third kappa shape index (κ3) is 10.2. The number of ether oxygens (including phenoxy) is 6. The molecular weight excluding hydrogens is 939 g/mol. The molecule has 8 rings (SSSR count). The first-order valence-corrected chi connectivity index (χ1v) is 23.1. The van der Waals surface area contributed by atoms with Crippen LogP contribution < -0.4 is 31.3 Å². The van der Waals surface area contributed by atoms with Gasteiger partial charge in [0.05, 0.1) is 62.2 Å². The molecule has 0 spiro atoms. The van der Waals surface area contributed by atoms with Crippen molar-refractivity contribution >= 4 is 52.9 Å². The van der Waals surface area contributed by atoms with Gasteiger partial charge in [-0.05, 0) is 13.0 Å². The minimum absolute atomic E-state index is 0.0620. The first kappa shape index (κ1) is 50.8. The number of morpholine rings is 1. The smallest absolute Gasteiger partial charge is 0.252 e. The SMILES string of the molecule is COc1cccc2c1C(=O)c1c(O)c3c(c(O)c1C2=O)C[C@@](O)(C(=O)NCCNC(=O)CNC(=O)CNC(=O)CNC(=O)CCN1C(=O)CCC1=O)C[C@@H]3OC1C[C@H]2[C@H](O[C@@H]3[C@@H](OC)OCCN32)[C@H](C)O1. The summed E-state index contributed by atoms with van der Waals surface area (Å²) in [6.45, 7) is 0.587. The van der Waals surface area contributed by atoms with E-state index in [4.69, 9.17) is 28.4 Å². The third-order valence-corrected chi connectivity index (χ3v) is 13.4. The average Bonchev–Trinajstić information content (AvgIpc) is 3.90. The Hall–Kier alpha value is -6.61.